The largest absolute Gasteiger partial charge is 0.296 e. The number of nitrogens with one attached hydrogen (secondary N) is 1. The highest BCUT2D eigenvalue weighted by Crippen LogP contribution is 2.63. The molecule has 150 valence electrons. The van der Waals surface area contributed by atoms with E-state index in [0.29, 0.717) is 5.56 Å². The molecule has 1 N–H and O–H groups in total. The third-order valence-electron chi connectivity index (χ3n) is 7.08. The van der Waals surface area contributed by atoms with Crippen LogP contribution in [0.4, 0.5) is 0 Å². The maximum absolute atomic E-state index is 13.1. The number of carbonyl (C=O) groups excluding carboxylic acids is 3. The van der Waals surface area contributed by atoms with Crippen LogP contribution in [0.25, 0.3) is 0 Å². The zero-order chi connectivity index (χ0) is 21.2. The molecule has 2 atom stereocenters. The Hall–Kier alpha value is -3.79. The van der Waals surface area contributed by atoms with E-state index in [-0.39, 0.29) is 23.5 Å². The lowest BCUT2D eigenvalue weighted by Gasteiger charge is -2.53. The molecule has 4 aliphatic rings. The molecule has 7 rings (SSSR count). The summed E-state index contributed by atoms with van der Waals surface area (Å²) in [6.07, 6.45) is 3.44. The van der Waals surface area contributed by atoms with Gasteiger partial charge >= 0.3 is 0 Å². The minimum Gasteiger partial charge on any atom is -0.296 e. The molecule has 0 saturated carbocycles. The first-order valence-electron chi connectivity index (χ1n) is 10.4. The van der Waals surface area contributed by atoms with Crippen molar-refractivity contribution in [3.63, 3.8) is 0 Å². The summed E-state index contributed by atoms with van der Waals surface area (Å²) in [6, 6.07) is 25.1. The molecule has 3 aromatic rings. The number of hydrogen-bond donors (Lipinski definition) is 1. The number of carbonyl (C=O) groups is 3. The molecule has 2 unspecified atom stereocenters. The third kappa shape index (κ3) is 2.27. The van der Waals surface area contributed by atoms with Crippen molar-refractivity contribution < 1.29 is 14.4 Å². The van der Waals surface area contributed by atoms with Gasteiger partial charge in [0.15, 0.2) is 5.78 Å². The first-order chi connectivity index (χ1) is 15.1. The zero-order valence-corrected chi connectivity index (χ0v) is 16.6. The molecule has 3 aliphatic carbocycles. The molecule has 4 heteroatoms. The Bertz CT molecular complexity index is 1240. The van der Waals surface area contributed by atoms with Gasteiger partial charge in [0.25, 0.3) is 0 Å². The van der Waals surface area contributed by atoms with Crippen molar-refractivity contribution in [3.05, 3.63) is 119 Å². The van der Waals surface area contributed by atoms with Crippen molar-refractivity contribution in [1.29, 1.82) is 0 Å². The van der Waals surface area contributed by atoms with E-state index in [0.717, 1.165) is 22.3 Å². The van der Waals surface area contributed by atoms with Crippen LogP contribution in [0, 0.1) is 11.8 Å². The predicted molar refractivity (Wildman–Crippen MR) is 116 cm³/mol. The Morgan fingerprint density at radius 1 is 0.774 bits per heavy atom. The fourth-order valence-electron chi connectivity index (χ4n) is 5.94. The number of imide groups is 1. The van der Waals surface area contributed by atoms with Crippen LogP contribution in [0.3, 0.4) is 0 Å². The first kappa shape index (κ1) is 18.0. The zero-order valence-electron chi connectivity index (χ0n) is 16.6. The maximum Gasteiger partial charge on any atom is 0.232 e. The Morgan fingerprint density at radius 3 is 2.00 bits per heavy atom. The van der Waals surface area contributed by atoms with Crippen molar-refractivity contribution in [2.24, 2.45) is 11.8 Å². The summed E-state index contributed by atoms with van der Waals surface area (Å²) < 4.78 is 0. The summed E-state index contributed by atoms with van der Waals surface area (Å²) in [5, 5.41) is 2.58. The Balaban J connectivity index is 1.63. The van der Waals surface area contributed by atoms with Gasteiger partial charge in [-0.2, -0.15) is 0 Å². The lowest BCUT2D eigenvalue weighted by molar-refractivity contribution is -0.126. The number of benzene rings is 3. The monoisotopic (exact) mass is 405 g/mol. The average molecular weight is 405 g/mol. The molecule has 1 aliphatic heterocycles. The average Bonchev–Trinajstić information content (AvgIpc) is 3.13. The van der Waals surface area contributed by atoms with Gasteiger partial charge in [-0.25, -0.2) is 0 Å². The minimum absolute atomic E-state index is 0.126. The smallest absolute Gasteiger partial charge is 0.232 e. The van der Waals surface area contributed by atoms with Gasteiger partial charge in [0.2, 0.25) is 11.8 Å². The van der Waals surface area contributed by atoms with Crippen LogP contribution in [0.1, 0.15) is 38.5 Å². The molecule has 1 heterocycles. The Kier molecular flexibility index (Phi) is 3.69. The standard InChI is InChI=1S/C27H19NO3/c29-21(16-8-2-1-3-9-16)14-15-27-19-12-6-4-10-17(19)22(18-11-5-7-13-20(18)27)23-24(27)26(31)28-25(23)30/h1-15,22-24H,(H,28,30,31)/b15-14+. The van der Waals surface area contributed by atoms with Crippen LogP contribution in [-0.2, 0) is 15.0 Å². The molecule has 0 spiro atoms. The summed E-state index contributed by atoms with van der Waals surface area (Å²) >= 11 is 0. The lowest BCUT2D eigenvalue weighted by atomic mass is 9.47. The molecular formula is C27H19NO3. The second-order valence-electron chi connectivity index (χ2n) is 8.44. The van der Waals surface area contributed by atoms with Crippen LogP contribution in [-0.4, -0.2) is 17.6 Å². The molecule has 0 radical (unpaired) electrons. The quantitative estimate of drug-likeness (QED) is 0.410. The van der Waals surface area contributed by atoms with E-state index in [1.807, 2.05) is 72.8 Å². The SMILES string of the molecule is O=C(/C=C/C12c3ccccc3C(c3ccccc31)C1C(=O)NC(=O)C12)c1ccccc1. The molecule has 31 heavy (non-hydrogen) atoms. The number of rotatable bonds is 3. The van der Waals surface area contributed by atoms with E-state index in [1.54, 1.807) is 18.2 Å². The fraction of sp³-hybridized carbons (Fsp3) is 0.148. The highest BCUT2D eigenvalue weighted by molar-refractivity contribution is 6.09. The van der Waals surface area contributed by atoms with E-state index in [1.165, 1.54) is 0 Å². The van der Waals surface area contributed by atoms with E-state index in [9.17, 15) is 14.4 Å². The normalized spacial score (nSPS) is 27.5. The van der Waals surface area contributed by atoms with E-state index in [2.05, 4.69) is 5.32 Å². The van der Waals surface area contributed by atoms with Crippen molar-refractivity contribution in [1.82, 2.24) is 5.32 Å². The summed E-state index contributed by atoms with van der Waals surface area (Å²) in [5.41, 5.74) is 3.84. The molecule has 1 saturated heterocycles. The van der Waals surface area contributed by atoms with Gasteiger partial charge in [0, 0.05) is 11.5 Å². The van der Waals surface area contributed by atoms with E-state index in [4.69, 9.17) is 0 Å². The first-order valence-corrected chi connectivity index (χ1v) is 10.4. The highest BCUT2D eigenvalue weighted by Gasteiger charge is 2.65. The number of ketones is 1. The van der Waals surface area contributed by atoms with Crippen molar-refractivity contribution in [3.8, 4) is 0 Å². The van der Waals surface area contributed by atoms with E-state index >= 15 is 0 Å². The van der Waals surface area contributed by atoms with Gasteiger partial charge in [-0.05, 0) is 28.3 Å². The molecular weight excluding hydrogens is 386 g/mol. The van der Waals surface area contributed by atoms with Gasteiger partial charge < -0.3 is 0 Å². The van der Waals surface area contributed by atoms with Gasteiger partial charge in [-0.15, -0.1) is 0 Å². The van der Waals surface area contributed by atoms with Crippen LogP contribution in [0.2, 0.25) is 0 Å². The Morgan fingerprint density at radius 2 is 1.35 bits per heavy atom. The summed E-state index contributed by atoms with van der Waals surface area (Å²) in [5.74, 6) is -1.83. The van der Waals surface area contributed by atoms with E-state index < -0.39 is 17.3 Å². The molecule has 0 aromatic heterocycles. The van der Waals surface area contributed by atoms with Crippen LogP contribution < -0.4 is 5.32 Å². The molecule has 4 nitrogen and oxygen atoms in total. The third-order valence-corrected chi connectivity index (χ3v) is 7.08. The number of hydrogen-bond acceptors (Lipinski definition) is 3. The van der Waals surface area contributed by atoms with Gasteiger partial charge in [0.05, 0.1) is 17.3 Å². The molecule has 2 bridgehead atoms. The Labute approximate surface area is 179 Å². The molecule has 1 fully saturated rings. The maximum atomic E-state index is 13.1. The van der Waals surface area contributed by atoms with Crippen LogP contribution in [0.5, 0.6) is 0 Å². The topological polar surface area (TPSA) is 63.2 Å². The summed E-state index contributed by atoms with van der Waals surface area (Å²) in [6.45, 7) is 0. The predicted octanol–water partition coefficient (Wildman–Crippen LogP) is 3.76. The summed E-state index contributed by atoms with van der Waals surface area (Å²) in [4.78, 5) is 39.0. The van der Waals surface area contributed by atoms with Gasteiger partial charge in [-0.3, -0.25) is 19.7 Å². The van der Waals surface area contributed by atoms with Gasteiger partial charge in [0.1, 0.15) is 0 Å². The second kappa shape index (κ2) is 6.35. The lowest BCUT2D eigenvalue weighted by Crippen LogP contribution is -2.52. The fourth-order valence-corrected chi connectivity index (χ4v) is 5.94. The van der Waals surface area contributed by atoms with Crippen molar-refractivity contribution in [2.75, 3.05) is 0 Å². The molecule has 2 amide bonds. The van der Waals surface area contributed by atoms with Gasteiger partial charge in [-0.1, -0.05) is 84.9 Å². The van der Waals surface area contributed by atoms with Crippen LogP contribution in [0.15, 0.2) is 91.0 Å². The van der Waals surface area contributed by atoms with Crippen molar-refractivity contribution in [2.45, 2.75) is 11.3 Å². The minimum atomic E-state index is -0.868. The van der Waals surface area contributed by atoms with Crippen LogP contribution >= 0.6 is 0 Å². The number of allylic oxidation sites excluding steroid dienone is 2. The summed E-state index contributed by atoms with van der Waals surface area (Å²) in [7, 11) is 0. The molecule has 3 aromatic carbocycles. The number of amides is 2. The highest BCUT2D eigenvalue weighted by atomic mass is 16.2. The van der Waals surface area contributed by atoms with Crippen molar-refractivity contribution >= 4 is 17.6 Å². The second-order valence-corrected chi connectivity index (χ2v) is 8.44.